The van der Waals surface area contributed by atoms with E-state index in [1.54, 1.807) is 0 Å². The predicted molar refractivity (Wildman–Crippen MR) is 67.7 cm³/mol. The maximum Gasteiger partial charge on any atom is -0.00462 e. The van der Waals surface area contributed by atoms with Crippen LogP contribution in [0.2, 0.25) is 0 Å². The quantitative estimate of drug-likeness (QED) is 0.735. The SMILES string of the molecule is CCC1CCC(CN)C(CCC(C)C)C1. The van der Waals surface area contributed by atoms with Crippen molar-refractivity contribution in [3.05, 3.63) is 0 Å². The molecule has 0 aliphatic heterocycles. The molecule has 1 rings (SSSR count). The third kappa shape index (κ3) is 4.14. The summed E-state index contributed by atoms with van der Waals surface area (Å²) in [6.45, 7) is 7.92. The van der Waals surface area contributed by atoms with Gasteiger partial charge in [-0.2, -0.15) is 0 Å². The van der Waals surface area contributed by atoms with Crippen LogP contribution in [0.25, 0.3) is 0 Å². The summed E-state index contributed by atoms with van der Waals surface area (Å²) in [5.41, 5.74) is 5.89. The summed E-state index contributed by atoms with van der Waals surface area (Å²) in [6, 6.07) is 0. The van der Waals surface area contributed by atoms with Gasteiger partial charge in [-0.15, -0.1) is 0 Å². The molecule has 0 saturated heterocycles. The lowest BCUT2D eigenvalue weighted by molar-refractivity contribution is 0.164. The fourth-order valence-electron chi connectivity index (χ4n) is 3.01. The molecular formula is C14H29N. The lowest BCUT2D eigenvalue weighted by Gasteiger charge is -2.35. The Kier molecular flexibility index (Phi) is 5.66. The van der Waals surface area contributed by atoms with Gasteiger partial charge in [-0.1, -0.05) is 40.0 Å². The van der Waals surface area contributed by atoms with Crippen molar-refractivity contribution in [1.82, 2.24) is 0 Å². The van der Waals surface area contributed by atoms with E-state index in [2.05, 4.69) is 20.8 Å². The molecule has 1 aliphatic carbocycles. The lowest BCUT2D eigenvalue weighted by Crippen LogP contribution is -2.30. The molecule has 15 heavy (non-hydrogen) atoms. The van der Waals surface area contributed by atoms with Gasteiger partial charge in [0.15, 0.2) is 0 Å². The smallest absolute Gasteiger partial charge is 0.00462 e. The van der Waals surface area contributed by atoms with Crippen LogP contribution in [0.1, 0.15) is 59.3 Å². The summed E-state index contributed by atoms with van der Waals surface area (Å²) in [7, 11) is 0. The van der Waals surface area contributed by atoms with Gasteiger partial charge in [0.1, 0.15) is 0 Å². The Balaban J connectivity index is 2.40. The Morgan fingerprint density at radius 3 is 2.47 bits per heavy atom. The van der Waals surface area contributed by atoms with Crippen molar-refractivity contribution in [3.63, 3.8) is 0 Å². The van der Waals surface area contributed by atoms with Crippen molar-refractivity contribution in [3.8, 4) is 0 Å². The summed E-state index contributed by atoms with van der Waals surface area (Å²) >= 11 is 0. The molecule has 3 unspecified atom stereocenters. The number of hydrogen-bond acceptors (Lipinski definition) is 1. The zero-order valence-electron chi connectivity index (χ0n) is 10.8. The van der Waals surface area contributed by atoms with Crippen molar-refractivity contribution in [2.75, 3.05) is 6.54 Å². The molecule has 1 nitrogen and oxygen atoms in total. The first-order valence-electron chi connectivity index (χ1n) is 6.87. The van der Waals surface area contributed by atoms with Crippen molar-refractivity contribution in [1.29, 1.82) is 0 Å². The third-order valence-corrected chi connectivity index (χ3v) is 4.24. The minimum absolute atomic E-state index is 0.826. The second-order valence-corrected chi connectivity index (χ2v) is 5.81. The molecule has 0 aromatic carbocycles. The molecular weight excluding hydrogens is 182 g/mol. The normalized spacial score (nSPS) is 32.2. The largest absolute Gasteiger partial charge is 0.330 e. The Morgan fingerprint density at radius 2 is 1.93 bits per heavy atom. The topological polar surface area (TPSA) is 26.0 Å². The van der Waals surface area contributed by atoms with Crippen molar-refractivity contribution < 1.29 is 0 Å². The fourth-order valence-corrected chi connectivity index (χ4v) is 3.01. The van der Waals surface area contributed by atoms with Crippen molar-refractivity contribution >= 4 is 0 Å². The summed E-state index contributed by atoms with van der Waals surface area (Å²) in [5.74, 6) is 3.60. The standard InChI is InChI=1S/C14H29N/c1-4-12-6-8-14(10-15)13(9-12)7-5-11(2)3/h11-14H,4-10,15H2,1-3H3. The summed E-state index contributed by atoms with van der Waals surface area (Å²) in [6.07, 6.45) is 8.43. The minimum atomic E-state index is 0.826. The highest BCUT2D eigenvalue weighted by atomic mass is 14.6. The average molecular weight is 211 g/mol. The summed E-state index contributed by atoms with van der Waals surface area (Å²) in [4.78, 5) is 0. The van der Waals surface area contributed by atoms with Crippen LogP contribution in [0.5, 0.6) is 0 Å². The van der Waals surface area contributed by atoms with Crippen molar-refractivity contribution in [2.45, 2.75) is 59.3 Å². The minimum Gasteiger partial charge on any atom is -0.330 e. The van der Waals surface area contributed by atoms with E-state index in [0.717, 1.165) is 30.2 Å². The summed E-state index contributed by atoms with van der Waals surface area (Å²) < 4.78 is 0. The molecule has 0 spiro atoms. The first-order valence-corrected chi connectivity index (χ1v) is 6.87. The Hall–Kier alpha value is -0.0400. The van der Waals surface area contributed by atoms with E-state index in [1.165, 1.54) is 38.5 Å². The van der Waals surface area contributed by atoms with Gasteiger partial charge in [0.25, 0.3) is 0 Å². The molecule has 0 amide bonds. The highest BCUT2D eigenvalue weighted by Gasteiger charge is 2.28. The van der Waals surface area contributed by atoms with E-state index < -0.39 is 0 Å². The molecule has 1 saturated carbocycles. The van der Waals surface area contributed by atoms with Crippen LogP contribution in [0.4, 0.5) is 0 Å². The molecule has 0 radical (unpaired) electrons. The second-order valence-electron chi connectivity index (χ2n) is 5.81. The summed E-state index contributed by atoms with van der Waals surface area (Å²) in [5, 5.41) is 0. The molecule has 90 valence electrons. The molecule has 0 aromatic rings. The zero-order valence-corrected chi connectivity index (χ0v) is 10.8. The third-order valence-electron chi connectivity index (χ3n) is 4.24. The van der Waals surface area contributed by atoms with Gasteiger partial charge < -0.3 is 5.73 Å². The first kappa shape index (κ1) is 13.0. The van der Waals surface area contributed by atoms with Crippen LogP contribution in [0, 0.1) is 23.7 Å². The van der Waals surface area contributed by atoms with Crippen molar-refractivity contribution in [2.24, 2.45) is 29.4 Å². The molecule has 1 fully saturated rings. The molecule has 1 heteroatoms. The van der Waals surface area contributed by atoms with Crippen LogP contribution in [-0.4, -0.2) is 6.54 Å². The zero-order chi connectivity index (χ0) is 11.3. The van der Waals surface area contributed by atoms with Gasteiger partial charge in [0, 0.05) is 0 Å². The van der Waals surface area contributed by atoms with Crippen LogP contribution in [0.15, 0.2) is 0 Å². The van der Waals surface area contributed by atoms with E-state index >= 15 is 0 Å². The highest BCUT2D eigenvalue weighted by molar-refractivity contribution is 4.80. The van der Waals surface area contributed by atoms with E-state index in [-0.39, 0.29) is 0 Å². The van der Waals surface area contributed by atoms with Crippen LogP contribution >= 0.6 is 0 Å². The molecule has 3 atom stereocenters. The van der Waals surface area contributed by atoms with E-state index in [0.29, 0.717) is 0 Å². The molecule has 1 aliphatic rings. The van der Waals surface area contributed by atoms with E-state index in [1.807, 2.05) is 0 Å². The van der Waals surface area contributed by atoms with Gasteiger partial charge >= 0.3 is 0 Å². The van der Waals surface area contributed by atoms with Gasteiger partial charge in [-0.25, -0.2) is 0 Å². The predicted octanol–water partition coefficient (Wildman–Crippen LogP) is 3.82. The number of rotatable bonds is 5. The number of nitrogens with two attached hydrogens (primary N) is 1. The average Bonchev–Trinajstić information content (AvgIpc) is 2.25. The Labute approximate surface area is 95.8 Å². The van der Waals surface area contributed by atoms with Crippen LogP contribution in [-0.2, 0) is 0 Å². The molecule has 0 bridgehead atoms. The monoisotopic (exact) mass is 211 g/mol. The maximum absolute atomic E-state index is 5.89. The lowest BCUT2D eigenvalue weighted by atomic mass is 9.71. The van der Waals surface area contributed by atoms with E-state index in [9.17, 15) is 0 Å². The Bertz CT molecular complexity index is 165. The Morgan fingerprint density at radius 1 is 1.20 bits per heavy atom. The molecule has 0 heterocycles. The van der Waals surface area contributed by atoms with E-state index in [4.69, 9.17) is 5.73 Å². The number of hydrogen-bond donors (Lipinski definition) is 1. The maximum atomic E-state index is 5.89. The molecule has 0 aromatic heterocycles. The van der Waals surface area contributed by atoms with Gasteiger partial charge in [-0.3, -0.25) is 0 Å². The van der Waals surface area contributed by atoms with Crippen LogP contribution < -0.4 is 5.73 Å². The highest BCUT2D eigenvalue weighted by Crippen LogP contribution is 2.37. The first-order chi connectivity index (χ1) is 7.17. The molecule has 2 N–H and O–H groups in total. The van der Waals surface area contributed by atoms with Gasteiger partial charge in [0.05, 0.1) is 0 Å². The fraction of sp³-hybridized carbons (Fsp3) is 1.00. The van der Waals surface area contributed by atoms with Gasteiger partial charge in [-0.05, 0) is 49.5 Å². The van der Waals surface area contributed by atoms with Crippen LogP contribution in [0.3, 0.4) is 0 Å². The second kappa shape index (κ2) is 6.52. The van der Waals surface area contributed by atoms with Gasteiger partial charge in [0.2, 0.25) is 0 Å².